The Hall–Kier alpha value is -4.47. The molecule has 1 aliphatic heterocycles. The quantitative estimate of drug-likeness (QED) is 0.493. The number of nitrogens with zero attached hydrogens (tertiary/aromatic N) is 3. The van der Waals surface area contributed by atoms with Crippen LogP contribution in [0.2, 0.25) is 0 Å². The van der Waals surface area contributed by atoms with Gasteiger partial charge in [-0.2, -0.15) is 0 Å². The summed E-state index contributed by atoms with van der Waals surface area (Å²) in [5.41, 5.74) is 1.92. The highest BCUT2D eigenvalue weighted by molar-refractivity contribution is 6.07. The number of carbonyl (C=O) groups is 3. The molecule has 2 aromatic carbocycles. The van der Waals surface area contributed by atoms with Crippen molar-refractivity contribution in [3.8, 4) is 0 Å². The third-order valence-corrected chi connectivity index (χ3v) is 4.87. The van der Waals surface area contributed by atoms with Crippen LogP contribution in [-0.4, -0.2) is 43.1 Å². The number of allylic oxidation sites excluding steroid dienone is 1. The number of hydrogen-bond acceptors (Lipinski definition) is 6. The smallest absolute Gasteiger partial charge is 0.352 e. The fraction of sp³-hybridized carbons (Fsp3) is 0.0952. The van der Waals surface area contributed by atoms with E-state index in [1.165, 1.54) is 22.9 Å². The van der Waals surface area contributed by atoms with Crippen molar-refractivity contribution in [3.05, 3.63) is 82.7 Å². The number of hydrogen-bond donors (Lipinski definition) is 4. The van der Waals surface area contributed by atoms with Crippen molar-refractivity contribution >= 4 is 29.4 Å². The SMILES string of the molecule is Cc1ccccc1NC(=O)c1nnn2c1NC(C(=O)O)=CC2c1ccc(C(=O)O)cc1. The average molecular weight is 419 g/mol. The maximum Gasteiger partial charge on any atom is 0.352 e. The minimum absolute atomic E-state index is 0.0674. The number of carboxylic acids is 2. The van der Waals surface area contributed by atoms with Gasteiger partial charge in [-0.05, 0) is 42.3 Å². The number of amides is 1. The van der Waals surface area contributed by atoms with Gasteiger partial charge in [-0.3, -0.25) is 4.79 Å². The third kappa shape index (κ3) is 3.73. The first kappa shape index (κ1) is 19.8. The highest BCUT2D eigenvalue weighted by Gasteiger charge is 2.31. The molecule has 4 N–H and O–H groups in total. The molecule has 3 aromatic rings. The number of aromatic nitrogens is 3. The van der Waals surface area contributed by atoms with Gasteiger partial charge in [-0.25, -0.2) is 14.3 Å². The van der Waals surface area contributed by atoms with E-state index < -0.39 is 23.9 Å². The van der Waals surface area contributed by atoms with E-state index in [0.29, 0.717) is 11.3 Å². The lowest BCUT2D eigenvalue weighted by Gasteiger charge is -2.23. The largest absolute Gasteiger partial charge is 0.478 e. The summed E-state index contributed by atoms with van der Waals surface area (Å²) in [6.07, 6.45) is 1.42. The van der Waals surface area contributed by atoms with E-state index in [0.717, 1.165) is 5.56 Å². The Bertz CT molecular complexity index is 1230. The number of aromatic carboxylic acids is 1. The third-order valence-electron chi connectivity index (χ3n) is 4.87. The van der Waals surface area contributed by atoms with Crippen molar-refractivity contribution in [2.24, 2.45) is 0 Å². The predicted octanol–water partition coefficient (Wildman–Crippen LogP) is 2.52. The van der Waals surface area contributed by atoms with Gasteiger partial charge in [0.2, 0.25) is 0 Å². The van der Waals surface area contributed by atoms with Gasteiger partial charge >= 0.3 is 11.9 Å². The van der Waals surface area contributed by atoms with E-state index in [2.05, 4.69) is 20.9 Å². The fourth-order valence-corrected chi connectivity index (χ4v) is 3.24. The van der Waals surface area contributed by atoms with Gasteiger partial charge in [0, 0.05) is 5.69 Å². The number of nitrogens with one attached hydrogen (secondary N) is 2. The van der Waals surface area contributed by atoms with Crippen LogP contribution < -0.4 is 10.6 Å². The number of para-hydroxylation sites is 1. The second-order valence-corrected chi connectivity index (χ2v) is 6.88. The first-order valence-electron chi connectivity index (χ1n) is 9.22. The van der Waals surface area contributed by atoms with E-state index in [-0.39, 0.29) is 22.8 Å². The number of anilines is 2. The van der Waals surface area contributed by atoms with Crippen LogP contribution >= 0.6 is 0 Å². The molecule has 0 radical (unpaired) electrons. The highest BCUT2D eigenvalue weighted by atomic mass is 16.4. The summed E-state index contributed by atoms with van der Waals surface area (Å²) in [4.78, 5) is 35.6. The maximum atomic E-state index is 12.8. The lowest BCUT2D eigenvalue weighted by Crippen LogP contribution is -2.25. The molecule has 0 saturated carbocycles. The molecule has 0 saturated heterocycles. The van der Waals surface area contributed by atoms with Gasteiger partial charge in [0.1, 0.15) is 11.7 Å². The van der Waals surface area contributed by atoms with Crippen LogP contribution in [0.1, 0.15) is 38.0 Å². The van der Waals surface area contributed by atoms with Crippen LogP contribution in [0.4, 0.5) is 11.5 Å². The molecule has 4 rings (SSSR count). The van der Waals surface area contributed by atoms with Crippen molar-refractivity contribution in [1.82, 2.24) is 15.0 Å². The number of carboxylic acid groups (broad SMARTS) is 2. The monoisotopic (exact) mass is 419 g/mol. The summed E-state index contributed by atoms with van der Waals surface area (Å²) in [6.45, 7) is 1.84. The van der Waals surface area contributed by atoms with Crippen molar-refractivity contribution in [3.63, 3.8) is 0 Å². The Morgan fingerprint density at radius 2 is 1.74 bits per heavy atom. The van der Waals surface area contributed by atoms with Crippen LogP contribution in [0.3, 0.4) is 0 Å². The van der Waals surface area contributed by atoms with Crippen molar-refractivity contribution < 1.29 is 24.6 Å². The van der Waals surface area contributed by atoms with Gasteiger partial charge in [-0.1, -0.05) is 35.5 Å². The van der Waals surface area contributed by atoms with E-state index in [1.807, 2.05) is 19.1 Å². The van der Waals surface area contributed by atoms with Crippen LogP contribution in [0.15, 0.2) is 60.3 Å². The predicted molar refractivity (Wildman–Crippen MR) is 110 cm³/mol. The Balaban J connectivity index is 1.72. The molecule has 1 atom stereocenters. The lowest BCUT2D eigenvalue weighted by molar-refractivity contribution is -0.132. The number of fused-ring (bicyclic) bond motifs is 1. The van der Waals surface area contributed by atoms with Gasteiger partial charge in [0.05, 0.1) is 5.56 Å². The summed E-state index contributed by atoms with van der Waals surface area (Å²) < 4.78 is 1.38. The first-order chi connectivity index (χ1) is 14.8. The molecular formula is C21H17N5O5. The molecule has 2 heterocycles. The van der Waals surface area contributed by atoms with Gasteiger partial charge in [0.25, 0.3) is 5.91 Å². The molecule has 1 unspecified atom stereocenters. The van der Waals surface area contributed by atoms with E-state index >= 15 is 0 Å². The summed E-state index contributed by atoms with van der Waals surface area (Å²) >= 11 is 0. The van der Waals surface area contributed by atoms with Crippen LogP contribution in [-0.2, 0) is 4.79 Å². The molecule has 10 heteroatoms. The molecule has 0 aliphatic carbocycles. The number of aliphatic carboxylic acids is 1. The first-order valence-corrected chi connectivity index (χ1v) is 9.22. The Morgan fingerprint density at radius 3 is 2.39 bits per heavy atom. The standard InChI is InChI=1S/C21H17N5O5/c1-11-4-2-3-5-14(11)23-19(27)17-18-22-15(21(30)31)10-16(26(18)25-24-17)12-6-8-13(9-7-12)20(28)29/h2-10,16,22H,1H3,(H,23,27)(H,28,29)(H,30,31). The minimum Gasteiger partial charge on any atom is -0.478 e. The molecule has 156 valence electrons. The summed E-state index contributed by atoms with van der Waals surface area (Å²) in [5, 5.41) is 32.1. The molecule has 31 heavy (non-hydrogen) atoms. The van der Waals surface area contributed by atoms with E-state index in [4.69, 9.17) is 5.11 Å². The Morgan fingerprint density at radius 1 is 1.03 bits per heavy atom. The van der Waals surface area contributed by atoms with Crippen LogP contribution in [0.25, 0.3) is 0 Å². The van der Waals surface area contributed by atoms with Gasteiger partial charge < -0.3 is 20.8 Å². The number of benzene rings is 2. The van der Waals surface area contributed by atoms with Crippen molar-refractivity contribution in [1.29, 1.82) is 0 Å². The molecule has 1 aromatic heterocycles. The van der Waals surface area contributed by atoms with Crippen molar-refractivity contribution in [2.45, 2.75) is 13.0 Å². The second kappa shape index (κ2) is 7.75. The number of rotatable bonds is 5. The molecule has 1 aliphatic rings. The molecule has 1 amide bonds. The highest BCUT2D eigenvalue weighted by Crippen LogP contribution is 2.31. The van der Waals surface area contributed by atoms with E-state index in [9.17, 15) is 19.5 Å². The summed E-state index contributed by atoms with van der Waals surface area (Å²) in [7, 11) is 0. The lowest BCUT2D eigenvalue weighted by atomic mass is 10.0. The zero-order valence-corrected chi connectivity index (χ0v) is 16.2. The van der Waals surface area contributed by atoms with Crippen LogP contribution in [0, 0.1) is 6.92 Å². The topological polar surface area (TPSA) is 146 Å². The summed E-state index contributed by atoms with van der Waals surface area (Å²) in [5.74, 6) is -2.71. The van der Waals surface area contributed by atoms with Crippen LogP contribution in [0.5, 0.6) is 0 Å². The average Bonchev–Trinajstić information content (AvgIpc) is 3.19. The Labute approximate surface area is 175 Å². The van der Waals surface area contributed by atoms with Gasteiger partial charge in [0.15, 0.2) is 11.5 Å². The molecule has 10 nitrogen and oxygen atoms in total. The molecule has 0 bridgehead atoms. The normalized spacial score (nSPS) is 14.7. The second-order valence-electron chi connectivity index (χ2n) is 6.88. The number of aryl methyl sites for hydroxylation is 1. The fourth-order valence-electron chi connectivity index (χ4n) is 3.24. The summed E-state index contributed by atoms with van der Waals surface area (Å²) in [6, 6.07) is 12.5. The van der Waals surface area contributed by atoms with Crippen molar-refractivity contribution in [2.75, 3.05) is 10.6 Å². The zero-order valence-electron chi connectivity index (χ0n) is 16.2. The van der Waals surface area contributed by atoms with Gasteiger partial charge in [-0.15, -0.1) is 5.10 Å². The Kier molecular flexibility index (Phi) is 4.96. The minimum atomic E-state index is -1.22. The van der Waals surface area contributed by atoms with E-state index in [1.54, 1.807) is 24.3 Å². The molecular weight excluding hydrogens is 402 g/mol. The zero-order chi connectivity index (χ0) is 22.1. The maximum absolute atomic E-state index is 12.8. The molecule has 0 fully saturated rings. The molecule has 0 spiro atoms. The number of carbonyl (C=O) groups excluding carboxylic acids is 1.